The first-order valence-corrected chi connectivity index (χ1v) is 3.85. The number of halogens is 5. The van der Waals surface area contributed by atoms with Crippen LogP contribution < -0.4 is 0 Å². The summed E-state index contributed by atoms with van der Waals surface area (Å²) in [5.74, 6) is -5.94. The standard InChI is InChI=1S/C6H5Cl2F3O2/c1-2-13-5(12)3(9)4(10)6(7,8)11/h2H2,1H3/b4-3+. The summed E-state index contributed by atoms with van der Waals surface area (Å²) in [7, 11) is 0. The summed E-state index contributed by atoms with van der Waals surface area (Å²) in [6.45, 7) is 1.19. The van der Waals surface area contributed by atoms with Crippen LogP contribution in [0.2, 0.25) is 0 Å². The molecular formula is C6H5Cl2F3O2. The second-order valence-electron chi connectivity index (χ2n) is 1.85. The van der Waals surface area contributed by atoms with Gasteiger partial charge in [0.2, 0.25) is 11.7 Å². The Balaban J connectivity index is 4.72. The van der Waals surface area contributed by atoms with Gasteiger partial charge in [0.1, 0.15) is 0 Å². The SMILES string of the molecule is CCOC(=O)/C(F)=C(\F)C(F)(Cl)Cl. The van der Waals surface area contributed by atoms with Crippen molar-refractivity contribution < 1.29 is 22.7 Å². The molecule has 0 saturated carbocycles. The fourth-order valence-electron chi connectivity index (χ4n) is 0.409. The van der Waals surface area contributed by atoms with Crippen LogP contribution in [0.5, 0.6) is 0 Å². The van der Waals surface area contributed by atoms with Crippen LogP contribution in [0.1, 0.15) is 6.92 Å². The Bertz CT molecular complexity index is 235. The topological polar surface area (TPSA) is 26.3 Å². The summed E-state index contributed by atoms with van der Waals surface area (Å²) < 4.78 is 37.7. The van der Waals surface area contributed by atoms with Crippen LogP contribution in [-0.4, -0.2) is 17.2 Å². The largest absolute Gasteiger partial charge is 0.461 e. The lowest BCUT2D eigenvalue weighted by molar-refractivity contribution is -0.140. The molecule has 0 rings (SSSR count). The molecule has 13 heavy (non-hydrogen) atoms. The van der Waals surface area contributed by atoms with Gasteiger partial charge in [-0.2, -0.15) is 8.78 Å². The molecule has 0 amide bonds. The van der Waals surface area contributed by atoms with Gasteiger partial charge >= 0.3 is 10.6 Å². The van der Waals surface area contributed by atoms with Crippen molar-refractivity contribution in [3.8, 4) is 0 Å². The van der Waals surface area contributed by atoms with E-state index in [9.17, 15) is 18.0 Å². The van der Waals surface area contributed by atoms with Crippen molar-refractivity contribution in [1.29, 1.82) is 0 Å². The molecule has 0 aromatic carbocycles. The molecule has 7 heteroatoms. The van der Waals surface area contributed by atoms with Gasteiger partial charge in [-0.25, -0.2) is 9.18 Å². The summed E-state index contributed by atoms with van der Waals surface area (Å²) >= 11 is 9.08. The molecule has 0 bridgehead atoms. The summed E-state index contributed by atoms with van der Waals surface area (Å²) in [4.78, 5) is 10.5. The van der Waals surface area contributed by atoms with E-state index < -0.39 is 22.2 Å². The zero-order valence-electron chi connectivity index (χ0n) is 6.41. The Hall–Kier alpha value is -0.420. The highest BCUT2D eigenvalue weighted by Gasteiger charge is 2.35. The third kappa shape index (κ3) is 3.87. The van der Waals surface area contributed by atoms with Gasteiger partial charge < -0.3 is 4.74 Å². The number of allylic oxidation sites excluding steroid dienone is 1. The first kappa shape index (κ1) is 12.6. The average molecular weight is 237 g/mol. The Labute approximate surface area is 82.3 Å². The molecule has 0 spiro atoms. The molecule has 0 aliphatic carbocycles. The first-order chi connectivity index (χ1) is 5.80. The highest BCUT2D eigenvalue weighted by Crippen LogP contribution is 2.35. The number of esters is 1. The van der Waals surface area contributed by atoms with E-state index in [-0.39, 0.29) is 6.61 Å². The summed E-state index contributed by atoms with van der Waals surface area (Å²) in [5.41, 5.74) is 0. The zero-order valence-corrected chi connectivity index (χ0v) is 7.93. The second kappa shape index (κ2) is 4.72. The maximum atomic E-state index is 12.5. The number of carbonyl (C=O) groups excluding carboxylic acids is 1. The molecule has 0 aromatic heterocycles. The van der Waals surface area contributed by atoms with Gasteiger partial charge in [0.15, 0.2) is 0 Å². The third-order valence-corrected chi connectivity index (χ3v) is 1.23. The Morgan fingerprint density at radius 3 is 2.23 bits per heavy atom. The van der Waals surface area contributed by atoms with Crippen LogP contribution in [0.3, 0.4) is 0 Å². The second-order valence-corrected chi connectivity index (χ2v) is 3.08. The molecular weight excluding hydrogens is 232 g/mol. The maximum Gasteiger partial charge on any atom is 0.370 e. The fourth-order valence-corrected chi connectivity index (χ4v) is 0.574. The Morgan fingerprint density at radius 2 is 1.92 bits per heavy atom. The van der Waals surface area contributed by atoms with E-state index >= 15 is 0 Å². The van der Waals surface area contributed by atoms with E-state index in [1.165, 1.54) is 6.92 Å². The lowest BCUT2D eigenvalue weighted by atomic mass is 10.4. The molecule has 0 saturated heterocycles. The molecule has 0 aliphatic rings. The minimum atomic E-state index is -3.56. The van der Waals surface area contributed by atoms with Gasteiger partial charge in [-0.15, -0.1) is 0 Å². The normalized spacial score (nSPS) is 13.7. The molecule has 0 N–H and O–H groups in total. The number of alkyl halides is 3. The zero-order chi connectivity index (χ0) is 10.6. The maximum absolute atomic E-state index is 12.5. The lowest BCUT2D eigenvalue weighted by Crippen LogP contribution is -2.13. The van der Waals surface area contributed by atoms with Gasteiger partial charge in [0.05, 0.1) is 6.61 Å². The van der Waals surface area contributed by atoms with Crippen LogP contribution >= 0.6 is 23.2 Å². The van der Waals surface area contributed by atoms with E-state index in [1.54, 1.807) is 0 Å². The predicted octanol–water partition coefficient (Wildman–Crippen LogP) is 2.80. The van der Waals surface area contributed by atoms with Crippen molar-refractivity contribution in [3.63, 3.8) is 0 Å². The number of hydrogen-bond acceptors (Lipinski definition) is 2. The monoisotopic (exact) mass is 236 g/mol. The molecule has 0 aromatic rings. The lowest BCUT2D eigenvalue weighted by Gasteiger charge is -2.06. The van der Waals surface area contributed by atoms with Crippen molar-refractivity contribution in [2.24, 2.45) is 0 Å². The summed E-state index contributed by atoms with van der Waals surface area (Å²) in [6.07, 6.45) is 0. The van der Waals surface area contributed by atoms with Crippen molar-refractivity contribution in [3.05, 3.63) is 11.7 Å². The van der Waals surface area contributed by atoms with Crippen LogP contribution in [0.15, 0.2) is 11.7 Å². The van der Waals surface area contributed by atoms with Gasteiger partial charge in [0.25, 0.3) is 0 Å². The Morgan fingerprint density at radius 1 is 1.46 bits per heavy atom. The fraction of sp³-hybridized carbons (Fsp3) is 0.500. The van der Waals surface area contributed by atoms with Crippen molar-refractivity contribution in [2.45, 2.75) is 11.5 Å². The average Bonchev–Trinajstić information content (AvgIpc) is 2.00. The Kier molecular flexibility index (Phi) is 4.56. The van der Waals surface area contributed by atoms with Crippen molar-refractivity contribution >= 4 is 29.2 Å². The summed E-state index contributed by atoms with van der Waals surface area (Å²) in [5, 5.41) is 0. The minimum absolute atomic E-state index is 0.177. The number of ether oxygens (including phenoxy) is 1. The van der Waals surface area contributed by atoms with Gasteiger partial charge in [0, 0.05) is 0 Å². The van der Waals surface area contributed by atoms with E-state index in [4.69, 9.17) is 0 Å². The van der Waals surface area contributed by atoms with Crippen LogP contribution in [0.25, 0.3) is 0 Å². The highest BCUT2D eigenvalue weighted by atomic mass is 35.5. The van der Waals surface area contributed by atoms with E-state index in [0.29, 0.717) is 0 Å². The number of rotatable bonds is 3. The predicted molar refractivity (Wildman–Crippen MR) is 41.4 cm³/mol. The first-order valence-electron chi connectivity index (χ1n) is 3.10. The van der Waals surface area contributed by atoms with Gasteiger partial charge in [-0.3, -0.25) is 0 Å². The molecule has 2 nitrogen and oxygen atoms in total. The molecule has 0 atom stereocenters. The molecule has 0 unspecified atom stereocenters. The van der Waals surface area contributed by atoms with E-state index in [0.717, 1.165) is 0 Å². The van der Waals surface area contributed by atoms with Crippen LogP contribution in [0, 0.1) is 0 Å². The smallest absolute Gasteiger partial charge is 0.370 e. The summed E-state index contributed by atoms with van der Waals surface area (Å²) in [6, 6.07) is 0. The van der Waals surface area contributed by atoms with Crippen LogP contribution in [-0.2, 0) is 9.53 Å². The molecule has 0 heterocycles. The van der Waals surface area contributed by atoms with E-state index in [2.05, 4.69) is 27.9 Å². The molecule has 0 aliphatic heterocycles. The van der Waals surface area contributed by atoms with Gasteiger partial charge in [-0.05, 0) is 6.92 Å². The molecule has 0 radical (unpaired) electrons. The molecule has 0 fully saturated rings. The number of hydrogen-bond donors (Lipinski definition) is 0. The quantitative estimate of drug-likeness (QED) is 0.428. The minimum Gasteiger partial charge on any atom is -0.461 e. The molecule has 76 valence electrons. The van der Waals surface area contributed by atoms with Crippen molar-refractivity contribution in [2.75, 3.05) is 6.61 Å². The van der Waals surface area contributed by atoms with Crippen LogP contribution in [0.4, 0.5) is 13.2 Å². The number of carbonyl (C=O) groups is 1. The van der Waals surface area contributed by atoms with E-state index in [1.807, 2.05) is 0 Å². The van der Waals surface area contributed by atoms with Gasteiger partial charge in [-0.1, -0.05) is 23.2 Å². The highest BCUT2D eigenvalue weighted by molar-refractivity contribution is 6.49. The third-order valence-electron chi connectivity index (χ3n) is 0.896. The van der Waals surface area contributed by atoms with Crippen molar-refractivity contribution in [1.82, 2.24) is 0 Å².